The largest absolute Gasteiger partial charge is 0.394 e. The normalized spacial score (nSPS) is 26.5. The molecular formula is C81H145N3O28. The Morgan fingerprint density at radius 2 is 0.679 bits per heavy atom. The molecule has 13 N–H and O–H groups in total. The van der Waals surface area contributed by atoms with Gasteiger partial charge in [-0.25, -0.2) is 0 Å². The fourth-order valence-corrected chi connectivity index (χ4v) is 14.3. The predicted molar refractivity (Wildman–Crippen MR) is 411 cm³/mol. The van der Waals surface area contributed by atoms with Crippen LogP contribution in [-0.4, -0.2) is 299 Å². The second-order valence-corrected chi connectivity index (χ2v) is 31.2. The Balaban J connectivity index is 0.0000325. The van der Waals surface area contributed by atoms with Crippen LogP contribution >= 0.6 is 0 Å². The molecule has 0 aromatic carbocycles. The zero-order chi connectivity index (χ0) is 81.4. The molecule has 4 heterocycles. The molecule has 15 unspecified atom stereocenters. The van der Waals surface area contributed by atoms with Crippen LogP contribution in [0.2, 0.25) is 0 Å². The Kier molecular flexibility index (Phi) is 54.3. The van der Waals surface area contributed by atoms with E-state index in [1.54, 1.807) is 25.7 Å². The summed E-state index contributed by atoms with van der Waals surface area (Å²) in [6.45, 7) is 5.02. The van der Waals surface area contributed by atoms with Crippen LogP contribution in [0.5, 0.6) is 0 Å². The molecule has 4 aliphatic rings. The van der Waals surface area contributed by atoms with Crippen molar-refractivity contribution >= 4 is 46.6 Å². The molecule has 0 aromatic rings. The fourth-order valence-electron chi connectivity index (χ4n) is 14.3. The van der Waals surface area contributed by atoms with E-state index < -0.39 is 123 Å². The third kappa shape index (κ3) is 40.4. The number of aliphatic hydroxyl groups excluding tert-OH is 11. The van der Waals surface area contributed by atoms with E-state index in [2.05, 4.69) is 10.6 Å². The Labute approximate surface area is 664 Å². The van der Waals surface area contributed by atoms with Gasteiger partial charge in [-0.15, -0.1) is 0 Å². The lowest BCUT2D eigenvalue weighted by Crippen LogP contribution is -2.55. The summed E-state index contributed by atoms with van der Waals surface area (Å²) >= 11 is 0. The summed E-state index contributed by atoms with van der Waals surface area (Å²) in [5.74, 6) is -2.00. The quantitative estimate of drug-likeness (QED) is 0.0379. The standard InChI is InChI=1S/C80H141N3O28.CH4/c1-55-71(97)74(100)65(49-85)109-77(55)106-39-21-18-29-59(88)25-13-10-15-27-61(90)34-42-103-52-80(46-63(92)31-12-8-6-4-5-7-9-17-33-70(96)83-47-64(93)45-58(83)48-84,53-104-43-35-62(91)28-16-11-14-26-60(89)30-19-22-40-107-78-56(2)72(98)75(101)66(50-86)110-78)54-105-44-36-69(95)82-38-24-37-81-68(94)32-20-23-41-108-79-57(3)73(99)76(102)67(51-87)111-79;/h55-58,64-67,71-79,84-87,93,97-102H,4-54H2,1-3H3,(H,81,94)(H,82,95);1H4/t55?,56?,57?,58-,64+,65?,66?,67?,71?,72?,73?,74?,75?,76?,77?,78?,79?,80?;/m0./s1. The number of unbranched alkanes of at least 4 members (excludes halogenated alkanes) is 14. The molecule has 0 aromatic heterocycles. The van der Waals surface area contributed by atoms with E-state index in [9.17, 15) is 94.5 Å². The number of rotatable bonds is 66. The number of likely N-dealkylation sites (tertiary alicyclic amines) is 1. The molecule has 4 fully saturated rings. The van der Waals surface area contributed by atoms with E-state index in [1.165, 1.54) is 0 Å². The van der Waals surface area contributed by atoms with Gasteiger partial charge in [-0.3, -0.25) is 38.4 Å². The minimum absolute atomic E-state index is 0. The van der Waals surface area contributed by atoms with E-state index >= 15 is 0 Å². The van der Waals surface area contributed by atoms with Gasteiger partial charge in [-0.2, -0.15) is 0 Å². The van der Waals surface area contributed by atoms with Gasteiger partial charge >= 0.3 is 0 Å². The van der Waals surface area contributed by atoms with Crippen molar-refractivity contribution in [3.8, 4) is 0 Å². The zero-order valence-electron chi connectivity index (χ0n) is 66.7. The molecule has 0 radical (unpaired) electrons. The van der Waals surface area contributed by atoms with Gasteiger partial charge in [0.25, 0.3) is 0 Å². The molecule has 4 rings (SSSR count). The number of hydrogen-bond donors (Lipinski definition) is 13. The number of Topliss-reactive ketones (excluding diaryl/α,β-unsaturated/α-hetero) is 5. The van der Waals surface area contributed by atoms with E-state index in [4.69, 9.17) is 42.6 Å². The lowest BCUT2D eigenvalue weighted by molar-refractivity contribution is -0.282. The van der Waals surface area contributed by atoms with Crippen LogP contribution in [0.15, 0.2) is 0 Å². The maximum absolute atomic E-state index is 14.1. The van der Waals surface area contributed by atoms with E-state index in [0.29, 0.717) is 135 Å². The van der Waals surface area contributed by atoms with Crippen molar-refractivity contribution < 1.29 is 137 Å². The molecule has 31 heteroatoms. The molecule has 0 aliphatic carbocycles. The van der Waals surface area contributed by atoms with Crippen molar-refractivity contribution in [3.05, 3.63) is 0 Å². The molecule has 652 valence electrons. The number of nitrogens with zero attached hydrogens (tertiary/aromatic N) is 1. The van der Waals surface area contributed by atoms with E-state index in [-0.39, 0.29) is 191 Å². The Morgan fingerprint density at radius 1 is 0.366 bits per heavy atom. The number of nitrogens with one attached hydrogen (secondary N) is 2. The first-order chi connectivity index (χ1) is 53.4. The van der Waals surface area contributed by atoms with Gasteiger partial charge in [0.15, 0.2) is 18.9 Å². The van der Waals surface area contributed by atoms with Gasteiger partial charge in [0.2, 0.25) is 17.7 Å². The summed E-state index contributed by atoms with van der Waals surface area (Å²) in [4.78, 5) is 106. The molecule has 3 amide bonds. The van der Waals surface area contributed by atoms with E-state index in [0.717, 1.165) is 44.9 Å². The summed E-state index contributed by atoms with van der Waals surface area (Å²) in [6, 6.07) is -0.339. The average molecular weight is 1610 g/mol. The van der Waals surface area contributed by atoms with Crippen LogP contribution in [0.3, 0.4) is 0 Å². The molecular weight excluding hydrogens is 1460 g/mol. The van der Waals surface area contributed by atoms with Crippen LogP contribution in [0.4, 0.5) is 0 Å². The highest BCUT2D eigenvalue weighted by atomic mass is 16.7. The topological polar surface area (TPSA) is 469 Å². The zero-order valence-corrected chi connectivity index (χ0v) is 66.7. The smallest absolute Gasteiger partial charge is 0.222 e. The monoisotopic (exact) mass is 1610 g/mol. The number of carbonyl (C=O) groups is 8. The summed E-state index contributed by atoms with van der Waals surface area (Å²) in [5.41, 5.74) is -1.08. The first kappa shape index (κ1) is 102. The van der Waals surface area contributed by atoms with Gasteiger partial charge in [0.1, 0.15) is 65.5 Å². The number of ether oxygens (including phenoxy) is 9. The minimum atomic E-state index is -1.23. The number of β-amino-alcohol motifs (C(OH)–C–C–N with tert-alkyl or cyclic N) is 1. The van der Waals surface area contributed by atoms with Crippen molar-refractivity contribution in [1.29, 1.82) is 0 Å². The Morgan fingerprint density at radius 3 is 1.05 bits per heavy atom. The van der Waals surface area contributed by atoms with E-state index in [1.807, 2.05) is 0 Å². The van der Waals surface area contributed by atoms with Crippen LogP contribution in [-0.2, 0) is 81.0 Å². The van der Waals surface area contributed by atoms with Gasteiger partial charge < -0.3 is 114 Å². The lowest BCUT2D eigenvalue weighted by Gasteiger charge is -2.40. The average Bonchev–Trinajstić information content (AvgIpc) is 0.862. The molecule has 0 bridgehead atoms. The van der Waals surface area contributed by atoms with Crippen LogP contribution in [0, 0.1) is 23.2 Å². The molecule has 4 saturated heterocycles. The Bertz CT molecular complexity index is 2380. The third-order valence-corrected chi connectivity index (χ3v) is 21.6. The number of aliphatic hydroxyl groups is 11. The van der Waals surface area contributed by atoms with Gasteiger partial charge in [-0.05, 0) is 89.9 Å². The van der Waals surface area contributed by atoms with Crippen LogP contribution in [0.1, 0.15) is 253 Å². The lowest BCUT2D eigenvalue weighted by atomic mass is 9.83. The SMILES string of the molecule is C.CC1C(OCCCCC(=O)CCCCCC(=O)CCOCC(COCCC(=O)CCCCCC(=O)CCCCOC2OC(CO)C(O)C(O)C2C)(COCCC(=O)NCCCNC(=O)CCCCOC2OC(CO)C(O)C(O)C2C)CC(=O)CCCCCCCCCCC(=O)N2C[C@H](O)C[C@H]2CO)OC(CO)C(O)C1O. The maximum Gasteiger partial charge on any atom is 0.222 e. The molecule has 4 aliphatic heterocycles. The summed E-state index contributed by atoms with van der Waals surface area (Å²) < 4.78 is 52.8. The highest BCUT2D eigenvalue weighted by Crippen LogP contribution is 2.32. The highest BCUT2D eigenvalue weighted by molar-refractivity contribution is 5.81. The van der Waals surface area contributed by atoms with Crippen molar-refractivity contribution in [2.24, 2.45) is 23.2 Å². The van der Waals surface area contributed by atoms with Crippen molar-refractivity contribution in [2.45, 2.75) is 339 Å². The molecule has 0 saturated carbocycles. The summed E-state index contributed by atoms with van der Waals surface area (Å²) in [5, 5.41) is 115. The fraction of sp³-hybridized carbons (Fsp3) is 0.901. The summed E-state index contributed by atoms with van der Waals surface area (Å²) in [6.07, 6.45) is 4.86. The molecule has 112 heavy (non-hydrogen) atoms. The van der Waals surface area contributed by atoms with Crippen LogP contribution in [0.25, 0.3) is 0 Å². The van der Waals surface area contributed by atoms with Crippen molar-refractivity contribution in [2.75, 3.05) is 106 Å². The van der Waals surface area contributed by atoms with Gasteiger partial charge in [0.05, 0.1) is 96.5 Å². The first-order valence-electron chi connectivity index (χ1n) is 41.5. The second-order valence-electron chi connectivity index (χ2n) is 31.2. The Hall–Kier alpha value is -4.04. The molecule has 0 spiro atoms. The van der Waals surface area contributed by atoms with Gasteiger partial charge in [-0.1, -0.05) is 79.6 Å². The van der Waals surface area contributed by atoms with Gasteiger partial charge in [0, 0.05) is 146 Å². The predicted octanol–water partition coefficient (Wildman–Crippen LogP) is 4.23. The number of hydrogen-bond acceptors (Lipinski definition) is 28. The second kappa shape index (κ2) is 59.6. The van der Waals surface area contributed by atoms with Crippen LogP contribution < -0.4 is 10.6 Å². The maximum atomic E-state index is 14.1. The summed E-state index contributed by atoms with van der Waals surface area (Å²) in [7, 11) is 0. The number of ketones is 5. The van der Waals surface area contributed by atoms with Crippen molar-refractivity contribution in [3.63, 3.8) is 0 Å². The molecule has 17 atom stereocenters. The highest BCUT2D eigenvalue weighted by Gasteiger charge is 2.45. The minimum Gasteiger partial charge on any atom is -0.394 e. The number of carbonyl (C=O) groups excluding carboxylic acids is 8. The first-order valence-corrected chi connectivity index (χ1v) is 41.5. The number of amides is 3. The molecule has 31 nitrogen and oxygen atoms in total. The third-order valence-electron chi connectivity index (χ3n) is 21.6. The van der Waals surface area contributed by atoms with Crippen molar-refractivity contribution in [1.82, 2.24) is 15.5 Å².